The number of thiophene rings is 1. The van der Waals surface area contributed by atoms with Crippen LogP contribution in [0.4, 0.5) is 0 Å². The maximum Gasteiger partial charge on any atom is 0.0731 e. The quantitative estimate of drug-likeness (QED) is 0.814. The van der Waals surface area contributed by atoms with Crippen molar-refractivity contribution >= 4 is 27.3 Å². The fourth-order valence-corrected chi connectivity index (χ4v) is 4.11. The molecule has 0 spiro atoms. The second-order valence-electron chi connectivity index (χ2n) is 4.90. The molecular formula is C16H20BrNS. The van der Waals surface area contributed by atoms with Gasteiger partial charge in [0.2, 0.25) is 0 Å². The normalized spacial score (nSPS) is 12.7. The van der Waals surface area contributed by atoms with Crippen molar-refractivity contribution in [3.63, 3.8) is 0 Å². The Kier molecular flexibility index (Phi) is 4.82. The van der Waals surface area contributed by atoms with Crippen LogP contribution in [0.5, 0.6) is 0 Å². The molecule has 1 aromatic carbocycles. The zero-order chi connectivity index (χ0) is 14.0. The first-order chi connectivity index (χ1) is 9.04. The van der Waals surface area contributed by atoms with Crippen LogP contribution in [0.3, 0.4) is 0 Å². The second-order valence-corrected chi connectivity index (χ2v) is 7.30. The molecule has 0 radical (unpaired) electrons. The molecule has 1 N–H and O–H groups in total. The molecule has 1 aromatic heterocycles. The van der Waals surface area contributed by atoms with Gasteiger partial charge in [-0.2, -0.15) is 0 Å². The van der Waals surface area contributed by atoms with E-state index in [0.29, 0.717) is 6.04 Å². The number of hydrogen-bond acceptors (Lipinski definition) is 2. The van der Waals surface area contributed by atoms with Crippen molar-refractivity contribution in [1.29, 1.82) is 0 Å². The van der Waals surface area contributed by atoms with Crippen LogP contribution in [0.2, 0.25) is 0 Å². The summed E-state index contributed by atoms with van der Waals surface area (Å²) in [7, 11) is 0. The van der Waals surface area contributed by atoms with Crippen LogP contribution >= 0.6 is 27.3 Å². The van der Waals surface area contributed by atoms with E-state index in [1.54, 1.807) is 0 Å². The Morgan fingerprint density at radius 2 is 1.79 bits per heavy atom. The number of nitrogens with one attached hydrogen (secondary N) is 1. The molecule has 0 bridgehead atoms. The molecule has 0 amide bonds. The van der Waals surface area contributed by atoms with Gasteiger partial charge < -0.3 is 5.32 Å². The fourth-order valence-electron chi connectivity index (χ4n) is 2.46. The predicted octanol–water partition coefficient (Wildman–Crippen LogP) is 5.13. The highest BCUT2D eigenvalue weighted by Gasteiger charge is 2.19. The number of rotatable bonds is 4. The van der Waals surface area contributed by atoms with Crippen LogP contribution < -0.4 is 5.32 Å². The van der Waals surface area contributed by atoms with E-state index in [4.69, 9.17) is 0 Å². The van der Waals surface area contributed by atoms with Gasteiger partial charge in [0.15, 0.2) is 0 Å². The van der Waals surface area contributed by atoms with Crippen LogP contribution in [0.1, 0.15) is 40.1 Å². The number of halogens is 1. The van der Waals surface area contributed by atoms with Gasteiger partial charge in [-0.3, -0.25) is 0 Å². The maximum atomic E-state index is 3.64. The first-order valence-corrected chi connectivity index (χ1v) is 8.20. The van der Waals surface area contributed by atoms with Crippen LogP contribution in [0.25, 0.3) is 0 Å². The predicted molar refractivity (Wildman–Crippen MR) is 88.2 cm³/mol. The molecule has 0 fully saturated rings. The van der Waals surface area contributed by atoms with Crippen LogP contribution in [-0.4, -0.2) is 6.54 Å². The molecule has 1 unspecified atom stereocenters. The Morgan fingerprint density at radius 3 is 2.26 bits per heavy atom. The highest BCUT2D eigenvalue weighted by Crippen LogP contribution is 2.36. The standard InChI is InChI=1S/C16H20BrNS/c1-5-18-15(13-9-12(4)16(17)19-13)14-10(2)7-6-8-11(14)3/h6-9,15,18H,5H2,1-4H3. The first-order valence-electron chi connectivity index (χ1n) is 6.60. The number of hydrogen-bond donors (Lipinski definition) is 1. The van der Waals surface area contributed by atoms with Crippen molar-refractivity contribution in [2.45, 2.75) is 33.7 Å². The average molecular weight is 338 g/mol. The zero-order valence-electron chi connectivity index (χ0n) is 11.9. The minimum absolute atomic E-state index is 0.293. The summed E-state index contributed by atoms with van der Waals surface area (Å²) < 4.78 is 1.23. The topological polar surface area (TPSA) is 12.0 Å². The lowest BCUT2D eigenvalue weighted by atomic mass is 9.95. The van der Waals surface area contributed by atoms with E-state index in [1.807, 2.05) is 11.3 Å². The van der Waals surface area contributed by atoms with Gasteiger partial charge in [-0.15, -0.1) is 11.3 Å². The smallest absolute Gasteiger partial charge is 0.0731 e. The van der Waals surface area contributed by atoms with E-state index in [2.05, 4.69) is 73.2 Å². The molecule has 1 nitrogen and oxygen atoms in total. The molecule has 0 saturated heterocycles. The summed E-state index contributed by atoms with van der Waals surface area (Å²) in [6.45, 7) is 9.67. The van der Waals surface area contributed by atoms with Gasteiger partial charge in [0.1, 0.15) is 0 Å². The van der Waals surface area contributed by atoms with Crippen molar-refractivity contribution in [3.8, 4) is 0 Å². The molecule has 1 atom stereocenters. The van der Waals surface area contributed by atoms with Gasteiger partial charge in [0.05, 0.1) is 9.83 Å². The lowest BCUT2D eigenvalue weighted by molar-refractivity contribution is 0.633. The van der Waals surface area contributed by atoms with E-state index in [-0.39, 0.29) is 0 Å². The third-order valence-electron chi connectivity index (χ3n) is 3.40. The summed E-state index contributed by atoms with van der Waals surface area (Å²) in [6, 6.07) is 9.10. The van der Waals surface area contributed by atoms with Gasteiger partial charge in [-0.05, 0) is 71.6 Å². The number of aryl methyl sites for hydroxylation is 3. The minimum Gasteiger partial charge on any atom is -0.306 e. The SMILES string of the molecule is CCNC(c1cc(C)c(Br)s1)c1c(C)cccc1C. The van der Waals surface area contributed by atoms with Gasteiger partial charge in [0.25, 0.3) is 0 Å². The van der Waals surface area contributed by atoms with Crippen molar-refractivity contribution < 1.29 is 0 Å². The summed E-state index contributed by atoms with van der Waals surface area (Å²) >= 11 is 5.46. The lowest BCUT2D eigenvalue weighted by Gasteiger charge is -2.21. The molecule has 19 heavy (non-hydrogen) atoms. The van der Waals surface area contributed by atoms with Crippen molar-refractivity contribution in [2.24, 2.45) is 0 Å². The van der Waals surface area contributed by atoms with Crippen LogP contribution in [0.15, 0.2) is 28.1 Å². The van der Waals surface area contributed by atoms with E-state index in [1.165, 1.54) is 30.9 Å². The van der Waals surface area contributed by atoms with Crippen molar-refractivity contribution in [3.05, 3.63) is 55.2 Å². The van der Waals surface area contributed by atoms with Gasteiger partial charge >= 0.3 is 0 Å². The van der Waals surface area contributed by atoms with Gasteiger partial charge in [-0.1, -0.05) is 25.1 Å². The number of benzene rings is 1. The van der Waals surface area contributed by atoms with Crippen molar-refractivity contribution in [2.75, 3.05) is 6.54 Å². The Hall–Kier alpha value is -0.640. The molecule has 0 aliphatic rings. The Balaban J connectivity index is 2.51. The summed E-state index contributed by atoms with van der Waals surface area (Å²) in [5, 5.41) is 3.63. The van der Waals surface area contributed by atoms with E-state index >= 15 is 0 Å². The molecule has 102 valence electrons. The average Bonchev–Trinajstić information content (AvgIpc) is 2.68. The lowest BCUT2D eigenvalue weighted by Crippen LogP contribution is -2.22. The van der Waals surface area contributed by atoms with E-state index in [9.17, 15) is 0 Å². The molecule has 0 saturated carbocycles. The van der Waals surface area contributed by atoms with E-state index < -0.39 is 0 Å². The summed E-state index contributed by atoms with van der Waals surface area (Å²) in [4.78, 5) is 1.38. The fraction of sp³-hybridized carbons (Fsp3) is 0.375. The van der Waals surface area contributed by atoms with E-state index in [0.717, 1.165) is 6.54 Å². The highest BCUT2D eigenvalue weighted by molar-refractivity contribution is 9.11. The second kappa shape index (κ2) is 6.21. The highest BCUT2D eigenvalue weighted by atomic mass is 79.9. The first kappa shape index (κ1) is 14.8. The Labute approximate surface area is 128 Å². The molecule has 3 heteroatoms. The molecule has 2 rings (SSSR count). The summed E-state index contributed by atoms with van der Waals surface area (Å²) in [5.74, 6) is 0. The largest absolute Gasteiger partial charge is 0.306 e. The van der Waals surface area contributed by atoms with Crippen molar-refractivity contribution in [1.82, 2.24) is 5.32 Å². The zero-order valence-corrected chi connectivity index (χ0v) is 14.3. The van der Waals surface area contributed by atoms with Crippen LogP contribution in [0, 0.1) is 20.8 Å². The van der Waals surface area contributed by atoms with Crippen LogP contribution in [-0.2, 0) is 0 Å². The van der Waals surface area contributed by atoms with Gasteiger partial charge in [0, 0.05) is 4.88 Å². The molecule has 2 aromatic rings. The van der Waals surface area contributed by atoms with Gasteiger partial charge in [-0.25, -0.2) is 0 Å². The Morgan fingerprint density at radius 1 is 1.16 bits per heavy atom. The summed E-state index contributed by atoms with van der Waals surface area (Å²) in [6.07, 6.45) is 0. The third kappa shape index (κ3) is 3.10. The molecular weight excluding hydrogens is 318 g/mol. The monoisotopic (exact) mass is 337 g/mol. The summed E-state index contributed by atoms with van der Waals surface area (Å²) in [5.41, 5.74) is 5.44. The maximum absolute atomic E-state index is 3.64. The molecule has 0 aliphatic heterocycles. The minimum atomic E-state index is 0.293. The molecule has 1 heterocycles. The Bertz CT molecular complexity index is 534. The third-order valence-corrected chi connectivity index (χ3v) is 5.60. The molecule has 0 aliphatic carbocycles.